The Morgan fingerprint density at radius 2 is 2.05 bits per heavy atom. The third-order valence-electron chi connectivity index (χ3n) is 2.99. The smallest absolute Gasteiger partial charge is 0.318 e. The Kier molecular flexibility index (Phi) is 5.16. The molecule has 0 aliphatic heterocycles. The number of urea groups is 1. The summed E-state index contributed by atoms with van der Waals surface area (Å²) in [6.45, 7) is 4.29. The van der Waals surface area contributed by atoms with Gasteiger partial charge < -0.3 is 19.8 Å². The lowest BCUT2D eigenvalue weighted by Crippen LogP contribution is -2.46. The monoisotopic (exact) mass is 303 g/mol. The molecule has 2 aromatic rings. The van der Waals surface area contributed by atoms with Crippen LogP contribution in [0.15, 0.2) is 47.2 Å². The van der Waals surface area contributed by atoms with Gasteiger partial charge in [-0.3, -0.25) is 0 Å². The van der Waals surface area contributed by atoms with Crippen molar-refractivity contribution in [3.05, 3.63) is 53.9 Å². The van der Waals surface area contributed by atoms with Gasteiger partial charge in [0.25, 0.3) is 0 Å². The van der Waals surface area contributed by atoms with Crippen LogP contribution >= 0.6 is 0 Å². The molecule has 2 rings (SSSR count). The summed E-state index contributed by atoms with van der Waals surface area (Å²) >= 11 is 0. The van der Waals surface area contributed by atoms with E-state index in [1.54, 1.807) is 24.8 Å². The van der Waals surface area contributed by atoms with Gasteiger partial charge >= 0.3 is 6.03 Å². The van der Waals surface area contributed by atoms with Crippen LogP contribution in [0.2, 0.25) is 0 Å². The van der Waals surface area contributed by atoms with Crippen LogP contribution in [0.5, 0.6) is 0 Å². The molecule has 2 N–H and O–H groups in total. The number of amides is 2. The molecule has 0 saturated carbocycles. The molecule has 6 nitrogen and oxygen atoms in total. The molecule has 0 aliphatic carbocycles. The zero-order chi connectivity index (χ0) is 16.0. The van der Waals surface area contributed by atoms with Gasteiger partial charge in [-0.1, -0.05) is 35.5 Å². The number of benzene rings is 1. The molecule has 6 heteroatoms. The minimum Gasteiger partial charge on any atom is -0.389 e. The highest BCUT2D eigenvalue weighted by Gasteiger charge is 2.22. The van der Waals surface area contributed by atoms with Crippen molar-refractivity contribution in [2.45, 2.75) is 32.5 Å². The van der Waals surface area contributed by atoms with E-state index in [4.69, 9.17) is 4.52 Å². The third-order valence-corrected chi connectivity index (χ3v) is 2.99. The molecule has 1 aromatic heterocycles. The molecule has 0 atom stereocenters. The Morgan fingerprint density at radius 3 is 2.64 bits per heavy atom. The second-order valence-electron chi connectivity index (χ2n) is 5.80. The summed E-state index contributed by atoms with van der Waals surface area (Å²) in [6, 6.07) is 11.1. The fraction of sp³-hybridized carbons (Fsp3) is 0.375. The van der Waals surface area contributed by atoms with E-state index < -0.39 is 5.60 Å². The van der Waals surface area contributed by atoms with Gasteiger partial charge in [-0.15, -0.1) is 0 Å². The Hall–Kier alpha value is -2.34. The van der Waals surface area contributed by atoms with Gasteiger partial charge in [-0.25, -0.2) is 4.79 Å². The Labute approximate surface area is 129 Å². The average Bonchev–Trinajstić information content (AvgIpc) is 2.97. The normalized spacial score (nSPS) is 11.2. The summed E-state index contributed by atoms with van der Waals surface area (Å²) in [7, 11) is 0. The number of aromatic nitrogens is 1. The predicted octanol–water partition coefficient (Wildman–Crippen LogP) is 2.16. The van der Waals surface area contributed by atoms with Crippen LogP contribution in [0, 0.1) is 0 Å². The molecule has 0 unspecified atom stereocenters. The van der Waals surface area contributed by atoms with Crippen LogP contribution < -0.4 is 5.32 Å². The van der Waals surface area contributed by atoms with E-state index in [1.165, 1.54) is 6.26 Å². The van der Waals surface area contributed by atoms with Gasteiger partial charge in [0, 0.05) is 12.6 Å². The molecular weight excluding hydrogens is 282 g/mol. The highest BCUT2D eigenvalue weighted by atomic mass is 16.5. The SMILES string of the molecule is CC(C)(O)CN(Cc1ccccc1)C(=O)NCc1ccon1. The molecule has 22 heavy (non-hydrogen) atoms. The van der Waals surface area contributed by atoms with Crippen molar-refractivity contribution in [1.82, 2.24) is 15.4 Å². The van der Waals surface area contributed by atoms with Crippen molar-refractivity contribution in [3.63, 3.8) is 0 Å². The molecule has 0 fully saturated rings. The van der Waals surface area contributed by atoms with Crippen LogP contribution in [0.25, 0.3) is 0 Å². The lowest BCUT2D eigenvalue weighted by molar-refractivity contribution is 0.0446. The van der Waals surface area contributed by atoms with Crippen molar-refractivity contribution in [1.29, 1.82) is 0 Å². The van der Waals surface area contributed by atoms with E-state index in [0.29, 0.717) is 12.2 Å². The largest absolute Gasteiger partial charge is 0.389 e. The van der Waals surface area contributed by atoms with E-state index >= 15 is 0 Å². The number of carbonyl (C=O) groups excluding carboxylic acids is 1. The molecular formula is C16H21N3O3. The summed E-state index contributed by atoms with van der Waals surface area (Å²) in [6.07, 6.45) is 1.46. The van der Waals surface area contributed by atoms with Crippen LogP contribution in [0.4, 0.5) is 4.79 Å². The molecule has 2 amide bonds. The summed E-state index contributed by atoms with van der Waals surface area (Å²) in [5.74, 6) is 0. The van der Waals surface area contributed by atoms with Gasteiger partial charge in [0.05, 0.1) is 18.7 Å². The van der Waals surface area contributed by atoms with E-state index in [0.717, 1.165) is 5.56 Å². The first kappa shape index (κ1) is 16.0. The Bertz CT molecular complexity index is 576. The second-order valence-corrected chi connectivity index (χ2v) is 5.80. The first-order valence-electron chi connectivity index (χ1n) is 7.12. The number of rotatable bonds is 6. The van der Waals surface area contributed by atoms with Crippen molar-refractivity contribution in [2.75, 3.05) is 6.54 Å². The lowest BCUT2D eigenvalue weighted by atomic mass is 10.1. The Morgan fingerprint density at radius 1 is 1.32 bits per heavy atom. The standard InChI is InChI=1S/C16H21N3O3/c1-16(2,21)12-19(11-13-6-4-3-5-7-13)15(20)17-10-14-8-9-22-18-14/h3-9,21H,10-12H2,1-2H3,(H,17,20). The maximum absolute atomic E-state index is 12.4. The number of carbonyl (C=O) groups is 1. The van der Waals surface area contributed by atoms with Gasteiger partial charge in [0.15, 0.2) is 0 Å². The van der Waals surface area contributed by atoms with Crippen molar-refractivity contribution >= 4 is 6.03 Å². The van der Waals surface area contributed by atoms with Crippen molar-refractivity contribution in [2.24, 2.45) is 0 Å². The van der Waals surface area contributed by atoms with Crippen LogP contribution in [-0.2, 0) is 13.1 Å². The highest BCUT2D eigenvalue weighted by molar-refractivity contribution is 5.74. The Balaban J connectivity index is 2.01. The maximum atomic E-state index is 12.4. The first-order chi connectivity index (χ1) is 10.4. The molecule has 1 heterocycles. The van der Waals surface area contributed by atoms with E-state index in [2.05, 4.69) is 10.5 Å². The molecule has 0 radical (unpaired) electrons. The van der Waals surface area contributed by atoms with Crippen LogP contribution in [-0.4, -0.2) is 33.3 Å². The molecule has 118 valence electrons. The van der Waals surface area contributed by atoms with Crippen molar-refractivity contribution < 1.29 is 14.4 Å². The molecule has 0 aliphatic rings. The van der Waals surface area contributed by atoms with E-state index in [1.807, 2.05) is 30.3 Å². The molecule has 0 spiro atoms. The topological polar surface area (TPSA) is 78.6 Å². The number of nitrogens with one attached hydrogen (secondary N) is 1. The summed E-state index contributed by atoms with van der Waals surface area (Å²) in [4.78, 5) is 13.9. The van der Waals surface area contributed by atoms with E-state index in [-0.39, 0.29) is 19.1 Å². The quantitative estimate of drug-likeness (QED) is 0.857. The number of hydrogen-bond acceptors (Lipinski definition) is 4. The first-order valence-corrected chi connectivity index (χ1v) is 7.12. The second kappa shape index (κ2) is 7.09. The van der Waals surface area contributed by atoms with Gasteiger partial charge in [-0.05, 0) is 19.4 Å². The number of aliphatic hydroxyl groups is 1. The molecule has 0 bridgehead atoms. The number of nitrogens with zero attached hydrogens (tertiary/aromatic N) is 2. The molecule has 0 saturated heterocycles. The minimum atomic E-state index is -0.972. The lowest BCUT2D eigenvalue weighted by Gasteiger charge is -2.29. The zero-order valence-corrected chi connectivity index (χ0v) is 12.8. The average molecular weight is 303 g/mol. The fourth-order valence-electron chi connectivity index (χ4n) is 2.08. The van der Waals surface area contributed by atoms with Gasteiger partial charge in [0.2, 0.25) is 0 Å². The fourth-order valence-corrected chi connectivity index (χ4v) is 2.08. The molecule has 1 aromatic carbocycles. The van der Waals surface area contributed by atoms with E-state index in [9.17, 15) is 9.90 Å². The summed E-state index contributed by atoms with van der Waals surface area (Å²) in [5.41, 5.74) is 0.680. The number of hydrogen-bond donors (Lipinski definition) is 2. The van der Waals surface area contributed by atoms with Crippen LogP contribution in [0.1, 0.15) is 25.1 Å². The third kappa shape index (κ3) is 5.21. The van der Waals surface area contributed by atoms with Gasteiger partial charge in [0.1, 0.15) is 12.0 Å². The summed E-state index contributed by atoms with van der Waals surface area (Å²) < 4.78 is 4.73. The zero-order valence-electron chi connectivity index (χ0n) is 12.8. The van der Waals surface area contributed by atoms with Gasteiger partial charge in [-0.2, -0.15) is 0 Å². The highest BCUT2D eigenvalue weighted by Crippen LogP contribution is 2.10. The predicted molar refractivity (Wildman–Crippen MR) is 81.9 cm³/mol. The van der Waals surface area contributed by atoms with Crippen LogP contribution in [0.3, 0.4) is 0 Å². The minimum absolute atomic E-state index is 0.229. The summed E-state index contributed by atoms with van der Waals surface area (Å²) in [5, 5.41) is 16.5. The van der Waals surface area contributed by atoms with Crippen molar-refractivity contribution in [3.8, 4) is 0 Å². The maximum Gasteiger partial charge on any atom is 0.318 e.